The standard InChI is InChI=1S/C6H12O2S/c1-3-6(2,9)4-5(7)8/h9H,3-4H2,1-2H3,(H,7,8). The first-order valence-corrected chi connectivity index (χ1v) is 3.37. The zero-order chi connectivity index (χ0) is 7.49. The molecule has 1 atom stereocenters. The van der Waals surface area contributed by atoms with Crippen LogP contribution in [0.4, 0.5) is 0 Å². The highest BCUT2D eigenvalue weighted by Crippen LogP contribution is 2.21. The number of aliphatic carboxylic acids is 1. The number of hydrogen-bond acceptors (Lipinski definition) is 2. The van der Waals surface area contributed by atoms with Crippen LogP contribution in [0, 0.1) is 0 Å². The molecule has 2 nitrogen and oxygen atoms in total. The van der Waals surface area contributed by atoms with Gasteiger partial charge < -0.3 is 5.11 Å². The monoisotopic (exact) mass is 148 g/mol. The molecule has 0 saturated heterocycles. The van der Waals surface area contributed by atoms with Gasteiger partial charge in [-0.25, -0.2) is 0 Å². The van der Waals surface area contributed by atoms with E-state index in [0.29, 0.717) is 0 Å². The van der Waals surface area contributed by atoms with Crippen molar-refractivity contribution in [2.24, 2.45) is 0 Å². The van der Waals surface area contributed by atoms with Crippen LogP contribution < -0.4 is 0 Å². The van der Waals surface area contributed by atoms with Crippen molar-refractivity contribution < 1.29 is 9.90 Å². The number of carbonyl (C=O) groups is 1. The van der Waals surface area contributed by atoms with Crippen molar-refractivity contribution >= 4 is 18.6 Å². The first-order chi connectivity index (χ1) is 3.98. The molecule has 0 aliphatic carbocycles. The second-order valence-electron chi connectivity index (χ2n) is 2.42. The third-order valence-electron chi connectivity index (χ3n) is 1.29. The van der Waals surface area contributed by atoms with Crippen molar-refractivity contribution in [2.75, 3.05) is 0 Å². The zero-order valence-corrected chi connectivity index (χ0v) is 6.61. The van der Waals surface area contributed by atoms with Crippen LogP contribution in [-0.4, -0.2) is 15.8 Å². The van der Waals surface area contributed by atoms with E-state index < -0.39 is 5.97 Å². The summed E-state index contributed by atoms with van der Waals surface area (Å²) in [7, 11) is 0. The molecule has 0 radical (unpaired) electrons. The maximum Gasteiger partial charge on any atom is 0.304 e. The van der Waals surface area contributed by atoms with E-state index >= 15 is 0 Å². The smallest absolute Gasteiger partial charge is 0.304 e. The minimum Gasteiger partial charge on any atom is -0.481 e. The van der Waals surface area contributed by atoms with Crippen LogP contribution >= 0.6 is 12.6 Å². The summed E-state index contributed by atoms with van der Waals surface area (Å²) in [6.07, 6.45) is 0.912. The largest absolute Gasteiger partial charge is 0.481 e. The summed E-state index contributed by atoms with van der Waals surface area (Å²) in [6.45, 7) is 3.75. The second kappa shape index (κ2) is 3.11. The lowest BCUT2D eigenvalue weighted by atomic mass is 10.0. The summed E-state index contributed by atoms with van der Waals surface area (Å²) in [4.78, 5) is 10.1. The van der Waals surface area contributed by atoms with Crippen LogP contribution in [-0.2, 0) is 4.79 Å². The highest BCUT2D eigenvalue weighted by molar-refractivity contribution is 7.81. The van der Waals surface area contributed by atoms with E-state index in [4.69, 9.17) is 5.11 Å². The number of rotatable bonds is 3. The first kappa shape index (κ1) is 8.82. The zero-order valence-electron chi connectivity index (χ0n) is 5.72. The molecular weight excluding hydrogens is 136 g/mol. The Labute approximate surface area is 60.7 Å². The van der Waals surface area contributed by atoms with E-state index in [-0.39, 0.29) is 11.2 Å². The highest BCUT2D eigenvalue weighted by Gasteiger charge is 2.19. The van der Waals surface area contributed by atoms with Gasteiger partial charge in [-0.15, -0.1) is 0 Å². The molecular formula is C6H12O2S. The lowest BCUT2D eigenvalue weighted by Crippen LogP contribution is -2.19. The fraction of sp³-hybridized carbons (Fsp3) is 0.833. The molecule has 0 fully saturated rings. The quantitative estimate of drug-likeness (QED) is 0.596. The van der Waals surface area contributed by atoms with Gasteiger partial charge in [0.1, 0.15) is 0 Å². The molecule has 0 amide bonds. The van der Waals surface area contributed by atoms with Crippen LogP contribution in [0.3, 0.4) is 0 Å². The van der Waals surface area contributed by atoms with Gasteiger partial charge in [0, 0.05) is 4.75 Å². The average molecular weight is 148 g/mol. The van der Waals surface area contributed by atoms with Gasteiger partial charge in [0.15, 0.2) is 0 Å². The third-order valence-corrected chi connectivity index (χ3v) is 1.77. The van der Waals surface area contributed by atoms with Crippen LogP contribution in [0.5, 0.6) is 0 Å². The van der Waals surface area contributed by atoms with Gasteiger partial charge in [0.05, 0.1) is 6.42 Å². The Morgan fingerprint density at radius 1 is 1.78 bits per heavy atom. The summed E-state index contributed by atoms with van der Waals surface area (Å²) >= 11 is 4.15. The first-order valence-electron chi connectivity index (χ1n) is 2.92. The summed E-state index contributed by atoms with van der Waals surface area (Å²) in [5.41, 5.74) is 0. The lowest BCUT2D eigenvalue weighted by molar-refractivity contribution is -0.137. The second-order valence-corrected chi connectivity index (χ2v) is 3.50. The Bertz CT molecular complexity index is 110. The predicted octanol–water partition coefficient (Wildman–Crippen LogP) is 1.56. The molecule has 0 heterocycles. The number of carboxylic acids is 1. The molecule has 0 aliphatic heterocycles. The molecule has 1 N–H and O–H groups in total. The number of hydrogen-bond donors (Lipinski definition) is 2. The van der Waals surface area contributed by atoms with Crippen molar-refractivity contribution in [1.82, 2.24) is 0 Å². The Balaban J connectivity index is 3.71. The molecule has 54 valence electrons. The molecule has 0 spiro atoms. The normalized spacial score (nSPS) is 16.8. The topological polar surface area (TPSA) is 37.3 Å². The summed E-state index contributed by atoms with van der Waals surface area (Å²) in [5.74, 6) is -0.783. The predicted molar refractivity (Wildman–Crippen MR) is 39.9 cm³/mol. The average Bonchev–Trinajstić information content (AvgIpc) is 1.63. The van der Waals surface area contributed by atoms with E-state index in [2.05, 4.69) is 12.6 Å². The molecule has 0 bridgehead atoms. The Morgan fingerprint density at radius 2 is 2.22 bits per heavy atom. The fourth-order valence-electron chi connectivity index (χ4n) is 0.451. The van der Waals surface area contributed by atoms with Crippen molar-refractivity contribution in [2.45, 2.75) is 31.4 Å². The van der Waals surface area contributed by atoms with E-state index in [1.165, 1.54) is 0 Å². The Kier molecular flexibility index (Phi) is 3.04. The van der Waals surface area contributed by atoms with Crippen molar-refractivity contribution in [3.05, 3.63) is 0 Å². The minimum absolute atomic E-state index is 0.132. The van der Waals surface area contributed by atoms with Crippen LogP contribution in [0.15, 0.2) is 0 Å². The molecule has 0 rings (SSSR count). The molecule has 3 heteroatoms. The summed E-state index contributed by atoms with van der Waals surface area (Å²) < 4.78 is -0.341. The van der Waals surface area contributed by atoms with Gasteiger partial charge >= 0.3 is 5.97 Å². The molecule has 1 unspecified atom stereocenters. The molecule has 0 saturated carbocycles. The van der Waals surface area contributed by atoms with E-state index in [1.54, 1.807) is 0 Å². The molecule has 0 aromatic carbocycles. The lowest BCUT2D eigenvalue weighted by Gasteiger charge is -2.17. The van der Waals surface area contributed by atoms with Crippen molar-refractivity contribution in [3.63, 3.8) is 0 Å². The van der Waals surface area contributed by atoms with Gasteiger partial charge in [0.2, 0.25) is 0 Å². The summed E-state index contributed by atoms with van der Waals surface area (Å²) in [5, 5.41) is 8.33. The Hall–Kier alpha value is -0.180. The number of carboxylic acid groups (broad SMARTS) is 1. The molecule has 9 heavy (non-hydrogen) atoms. The fourth-order valence-corrected chi connectivity index (χ4v) is 0.586. The Morgan fingerprint density at radius 3 is 2.33 bits per heavy atom. The third kappa shape index (κ3) is 4.33. The van der Waals surface area contributed by atoms with Crippen LogP contribution in [0.1, 0.15) is 26.7 Å². The minimum atomic E-state index is -0.783. The highest BCUT2D eigenvalue weighted by atomic mass is 32.1. The van der Waals surface area contributed by atoms with Gasteiger partial charge in [-0.3, -0.25) is 4.79 Å². The van der Waals surface area contributed by atoms with Crippen molar-refractivity contribution in [1.29, 1.82) is 0 Å². The van der Waals surface area contributed by atoms with Gasteiger partial charge in [-0.1, -0.05) is 13.8 Å². The molecule has 0 aliphatic rings. The maximum atomic E-state index is 10.1. The van der Waals surface area contributed by atoms with Gasteiger partial charge in [-0.05, 0) is 6.42 Å². The van der Waals surface area contributed by atoms with E-state index in [0.717, 1.165) is 6.42 Å². The number of thiol groups is 1. The molecule has 0 aromatic rings. The maximum absolute atomic E-state index is 10.1. The molecule has 0 aromatic heterocycles. The van der Waals surface area contributed by atoms with Crippen LogP contribution in [0.25, 0.3) is 0 Å². The van der Waals surface area contributed by atoms with Gasteiger partial charge in [-0.2, -0.15) is 12.6 Å². The van der Waals surface area contributed by atoms with E-state index in [1.807, 2.05) is 13.8 Å². The van der Waals surface area contributed by atoms with Gasteiger partial charge in [0.25, 0.3) is 0 Å². The van der Waals surface area contributed by atoms with Crippen LogP contribution in [0.2, 0.25) is 0 Å². The SMILES string of the molecule is CCC(C)(S)CC(=O)O. The van der Waals surface area contributed by atoms with E-state index in [9.17, 15) is 4.79 Å². The summed E-state index contributed by atoms with van der Waals surface area (Å²) in [6, 6.07) is 0. The van der Waals surface area contributed by atoms with Crippen molar-refractivity contribution in [3.8, 4) is 0 Å².